The van der Waals surface area contributed by atoms with Crippen molar-refractivity contribution in [2.24, 2.45) is 0 Å². The van der Waals surface area contributed by atoms with Gasteiger partial charge in [-0.05, 0) is 30.5 Å². The molecule has 1 aromatic heterocycles. The van der Waals surface area contributed by atoms with E-state index in [9.17, 15) is 17.9 Å². The summed E-state index contributed by atoms with van der Waals surface area (Å²) in [5, 5.41) is 13.5. The van der Waals surface area contributed by atoms with Crippen molar-refractivity contribution in [3.8, 4) is 11.1 Å². The van der Waals surface area contributed by atoms with Crippen LogP contribution in [0.5, 0.6) is 0 Å². The molecule has 0 amide bonds. The minimum atomic E-state index is -3.62. The van der Waals surface area contributed by atoms with Crippen LogP contribution < -0.4 is 0 Å². The topological polar surface area (TPSA) is 80.4 Å². The predicted octanol–water partition coefficient (Wildman–Crippen LogP) is 3.03. The number of aliphatic hydroxyl groups excluding tert-OH is 1. The number of halogens is 1. The monoisotopic (exact) mass is 339 g/mol. The van der Waals surface area contributed by atoms with E-state index < -0.39 is 15.7 Å². The first-order chi connectivity index (χ1) is 10.9. The summed E-state index contributed by atoms with van der Waals surface area (Å²) in [6.07, 6.45) is 5.13. The Bertz CT molecular complexity index is 823. The zero-order chi connectivity index (χ0) is 16.6. The summed E-state index contributed by atoms with van der Waals surface area (Å²) in [5.74, 6) is -0.308. The van der Waals surface area contributed by atoms with Crippen LogP contribution in [0, 0.1) is 5.82 Å². The lowest BCUT2D eigenvalue weighted by molar-refractivity contribution is 0.228. The molecular formula is C16H18FNO4S. The normalized spacial score (nSPS) is 16.1. The Kier molecular flexibility index (Phi) is 4.25. The summed E-state index contributed by atoms with van der Waals surface area (Å²) in [4.78, 5) is -0.342. The lowest BCUT2D eigenvalue weighted by atomic mass is 9.94. The van der Waals surface area contributed by atoms with Gasteiger partial charge >= 0.3 is 0 Å². The third-order valence-corrected chi connectivity index (χ3v) is 5.42. The molecule has 3 rings (SSSR count). The number of hydrogen-bond acceptors (Lipinski definition) is 5. The zero-order valence-corrected chi connectivity index (χ0v) is 13.6. The first-order valence-electron chi connectivity index (χ1n) is 7.51. The van der Waals surface area contributed by atoms with Gasteiger partial charge in [-0.1, -0.05) is 24.1 Å². The van der Waals surface area contributed by atoms with Crippen molar-refractivity contribution in [1.29, 1.82) is 0 Å². The second-order valence-corrected chi connectivity index (χ2v) is 7.91. The largest absolute Gasteiger partial charge is 0.388 e. The number of nitrogens with zero attached hydrogens (tertiary/aromatic N) is 1. The maximum Gasteiger partial charge on any atom is 0.178 e. The Hall–Kier alpha value is -1.73. The van der Waals surface area contributed by atoms with Gasteiger partial charge in [0.2, 0.25) is 0 Å². The average Bonchev–Trinajstić information content (AvgIpc) is 3.14. The molecule has 1 aliphatic carbocycles. The molecule has 2 aromatic rings. The Morgan fingerprint density at radius 2 is 2.04 bits per heavy atom. The highest BCUT2D eigenvalue weighted by molar-refractivity contribution is 7.90. The van der Waals surface area contributed by atoms with E-state index in [1.165, 1.54) is 18.2 Å². The third kappa shape index (κ3) is 3.03. The Labute approximate surface area is 134 Å². The molecule has 124 valence electrons. The summed E-state index contributed by atoms with van der Waals surface area (Å²) >= 11 is 0. The van der Waals surface area contributed by atoms with E-state index in [0.717, 1.165) is 37.6 Å². The molecule has 1 aliphatic rings. The molecule has 1 N–H and O–H groups in total. The summed E-state index contributed by atoms with van der Waals surface area (Å²) in [7, 11) is -3.62. The highest BCUT2D eigenvalue weighted by Crippen LogP contribution is 2.40. The van der Waals surface area contributed by atoms with Gasteiger partial charge in [0.25, 0.3) is 0 Å². The smallest absolute Gasteiger partial charge is 0.178 e. The number of sulfone groups is 1. The van der Waals surface area contributed by atoms with Gasteiger partial charge in [0.05, 0.1) is 11.3 Å². The molecule has 7 heteroatoms. The van der Waals surface area contributed by atoms with E-state index in [1.54, 1.807) is 0 Å². The van der Waals surface area contributed by atoms with Crippen LogP contribution in [-0.2, 0) is 16.4 Å². The van der Waals surface area contributed by atoms with Crippen LogP contribution in [0.1, 0.15) is 43.1 Å². The number of rotatable bonds is 4. The standard InChI is InChI=1S/C16H18FNO4S/c1-23(20,21)14-7-6-11(8-12(14)17)15-13(9-19)22-18-16(15)10-4-2-3-5-10/h6-8,10,19H,2-5,9H2,1H3. The highest BCUT2D eigenvalue weighted by Gasteiger charge is 2.27. The maximum absolute atomic E-state index is 14.2. The van der Waals surface area contributed by atoms with Gasteiger partial charge in [0, 0.05) is 12.2 Å². The molecule has 23 heavy (non-hydrogen) atoms. The number of benzene rings is 1. The van der Waals surface area contributed by atoms with E-state index in [4.69, 9.17) is 4.52 Å². The fourth-order valence-electron chi connectivity index (χ4n) is 3.19. The van der Waals surface area contributed by atoms with Crippen molar-refractivity contribution in [3.05, 3.63) is 35.5 Å². The van der Waals surface area contributed by atoms with E-state index in [-0.39, 0.29) is 23.2 Å². The molecule has 1 fully saturated rings. The SMILES string of the molecule is CS(=O)(=O)c1ccc(-c2c(C3CCCC3)noc2CO)cc1F. The first kappa shape index (κ1) is 16.1. The van der Waals surface area contributed by atoms with Crippen LogP contribution in [0.15, 0.2) is 27.6 Å². The van der Waals surface area contributed by atoms with Crippen LogP contribution in [0.25, 0.3) is 11.1 Å². The fourth-order valence-corrected chi connectivity index (χ4v) is 3.92. The molecule has 0 spiro atoms. The van der Waals surface area contributed by atoms with E-state index in [1.807, 2.05) is 0 Å². The Morgan fingerprint density at radius 1 is 1.35 bits per heavy atom. The Balaban J connectivity index is 2.11. The minimum Gasteiger partial charge on any atom is -0.388 e. The molecule has 5 nitrogen and oxygen atoms in total. The third-order valence-electron chi connectivity index (χ3n) is 4.29. The average molecular weight is 339 g/mol. The van der Waals surface area contributed by atoms with E-state index in [0.29, 0.717) is 11.1 Å². The van der Waals surface area contributed by atoms with Gasteiger partial charge in [0.1, 0.15) is 17.3 Å². The molecule has 0 unspecified atom stereocenters. The first-order valence-corrected chi connectivity index (χ1v) is 9.40. The molecule has 0 bridgehead atoms. The molecule has 0 saturated heterocycles. The van der Waals surface area contributed by atoms with Crippen molar-refractivity contribution in [2.75, 3.05) is 6.26 Å². The van der Waals surface area contributed by atoms with Crippen molar-refractivity contribution < 1.29 is 22.4 Å². The van der Waals surface area contributed by atoms with Crippen LogP contribution in [-0.4, -0.2) is 24.9 Å². The number of aromatic nitrogens is 1. The van der Waals surface area contributed by atoms with Gasteiger partial charge in [-0.25, -0.2) is 12.8 Å². The van der Waals surface area contributed by atoms with Crippen molar-refractivity contribution in [2.45, 2.75) is 43.1 Å². The second kappa shape index (κ2) is 6.05. The van der Waals surface area contributed by atoms with Gasteiger partial charge in [-0.2, -0.15) is 0 Å². The zero-order valence-electron chi connectivity index (χ0n) is 12.8. The molecule has 1 aromatic carbocycles. The van der Waals surface area contributed by atoms with Gasteiger partial charge in [-0.3, -0.25) is 0 Å². The maximum atomic E-state index is 14.2. The number of aliphatic hydroxyl groups is 1. The quantitative estimate of drug-likeness (QED) is 0.926. The van der Waals surface area contributed by atoms with Crippen LogP contribution in [0.3, 0.4) is 0 Å². The summed E-state index contributed by atoms with van der Waals surface area (Å²) in [5.41, 5.74) is 1.78. The summed E-state index contributed by atoms with van der Waals surface area (Å²) < 4.78 is 42.5. The molecule has 0 aliphatic heterocycles. The summed E-state index contributed by atoms with van der Waals surface area (Å²) in [6.45, 7) is -0.343. The van der Waals surface area contributed by atoms with Crippen molar-refractivity contribution in [3.63, 3.8) is 0 Å². The van der Waals surface area contributed by atoms with Crippen LogP contribution >= 0.6 is 0 Å². The lowest BCUT2D eigenvalue weighted by Crippen LogP contribution is -2.02. The molecule has 1 heterocycles. The Morgan fingerprint density at radius 3 is 2.61 bits per heavy atom. The predicted molar refractivity (Wildman–Crippen MR) is 82.1 cm³/mol. The van der Waals surface area contributed by atoms with Crippen LogP contribution in [0.4, 0.5) is 4.39 Å². The summed E-state index contributed by atoms with van der Waals surface area (Å²) in [6, 6.07) is 3.94. The molecule has 1 saturated carbocycles. The molecule has 0 atom stereocenters. The second-order valence-electron chi connectivity index (χ2n) is 5.92. The van der Waals surface area contributed by atoms with Crippen molar-refractivity contribution >= 4 is 9.84 Å². The van der Waals surface area contributed by atoms with Crippen molar-refractivity contribution in [1.82, 2.24) is 5.16 Å². The van der Waals surface area contributed by atoms with E-state index in [2.05, 4.69) is 5.16 Å². The molecule has 0 radical (unpaired) electrons. The number of hydrogen-bond donors (Lipinski definition) is 1. The van der Waals surface area contributed by atoms with E-state index >= 15 is 0 Å². The van der Waals surface area contributed by atoms with Gasteiger partial charge in [0.15, 0.2) is 15.6 Å². The van der Waals surface area contributed by atoms with Gasteiger partial charge in [-0.15, -0.1) is 0 Å². The fraction of sp³-hybridized carbons (Fsp3) is 0.438. The van der Waals surface area contributed by atoms with Crippen LogP contribution in [0.2, 0.25) is 0 Å². The lowest BCUT2D eigenvalue weighted by Gasteiger charge is -2.10. The molecular weight excluding hydrogens is 321 g/mol. The van der Waals surface area contributed by atoms with Gasteiger partial charge < -0.3 is 9.63 Å². The minimum absolute atomic E-state index is 0.228. The highest BCUT2D eigenvalue weighted by atomic mass is 32.2.